The predicted molar refractivity (Wildman–Crippen MR) is 71.0 cm³/mol. The Bertz CT molecular complexity index is 552. The van der Waals surface area contributed by atoms with Crippen molar-refractivity contribution >= 4 is 11.6 Å². The highest BCUT2D eigenvalue weighted by atomic mass is 35.5. The summed E-state index contributed by atoms with van der Waals surface area (Å²) in [5.41, 5.74) is 1.64. The van der Waals surface area contributed by atoms with Crippen LogP contribution in [0, 0.1) is 0 Å². The molecule has 0 aliphatic carbocycles. The molecule has 0 radical (unpaired) electrons. The predicted octanol–water partition coefficient (Wildman–Crippen LogP) is 2.28. The fourth-order valence-corrected chi connectivity index (χ4v) is 2.04. The highest BCUT2D eigenvalue weighted by Crippen LogP contribution is 2.27. The van der Waals surface area contributed by atoms with Crippen LogP contribution in [-0.2, 0) is 13.5 Å². The first-order valence-electron chi connectivity index (χ1n) is 5.63. The summed E-state index contributed by atoms with van der Waals surface area (Å²) in [5.74, 6) is 1.54. The molecule has 0 bridgehead atoms. The van der Waals surface area contributed by atoms with Crippen molar-refractivity contribution in [3.63, 3.8) is 0 Å². The van der Waals surface area contributed by atoms with Crippen molar-refractivity contribution in [2.24, 2.45) is 7.05 Å². The van der Waals surface area contributed by atoms with Gasteiger partial charge < -0.3 is 14.4 Å². The maximum atomic E-state index is 8.97. The van der Waals surface area contributed by atoms with Crippen molar-refractivity contribution in [1.29, 1.82) is 0 Å². The molecular weight excluding hydrogens is 252 g/mol. The summed E-state index contributed by atoms with van der Waals surface area (Å²) in [4.78, 5) is 4.46. The van der Waals surface area contributed by atoms with Crippen LogP contribution in [0.3, 0.4) is 0 Å². The lowest BCUT2D eigenvalue weighted by molar-refractivity contribution is 0.298. The van der Waals surface area contributed by atoms with Crippen LogP contribution >= 0.6 is 11.6 Å². The van der Waals surface area contributed by atoms with Gasteiger partial charge in [-0.15, -0.1) is 0 Å². The summed E-state index contributed by atoms with van der Waals surface area (Å²) in [6.07, 6.45) is 0.455. The van der Waals surface area contributed by atoms with E-state index in [0.29, 0.717) is 17.3 Å². The van der Waals surface area contributed by atoms with Gasteiger partial charge in [0.2, 0.25) is 0 Å². The Morgan fingerprint density at radius 3 is 2.89 bits per heavy atom. The molecule has 2 aromatic rings. The first-order chi connectivity index (χ1) is 8.67. The number of aromatic nitrogens is 2. The van der Waals surface area contributed by atoms with E-state index < -0.39 is 0 Å². The zero-order valence-electron chi connectivity index (χ0n) is 10.4. The molecule has 5 heteroatoms. The van der Waals surface area contributed by atoms with Crippen LogP contribution in [0.4, 0.5) is 0 Å². The van der Waals surface area contributed by atoms with E-state index in [1.54, 1.807) is 11.7 Å². The number of hydrogen-bond donors (Lipinski definition) is 1. The van der Waals surface area contributed by atoms with E-state index in [9.17, 15) is 0 Å². The highest BCUT2D eigenvalue weighted by Gasteiger charge is 2.14. The van der Waals surface area contributed by atoms with E-state index in [2.05, 4.69) is 4.98 Å². The average molecular weight is 267 g/mol. The molecule has 0 saturated heterocycles. The van der Waals surface area contributed by atoms with Gasteiger partial charge in [-0.05, 0) is 12.1 Å². The maximum Gasteiger partial charge on any atom is 0.141 e. The minimum absolute atomic E-state index is 0.0360. The number of halogens is 1. The fourth-order valence-electron chi connectivity index (χ4n) is 1.82. The van der Waals surface area contributed by atoms with Crippen LogP contribution in [0.2, 0.25) is 5.15 Å². The number of aliphatic hydroxyl groups excluding tert-OH is 1. The largest absolute Gasteiger partial charge is 0.497 e. The molecule has 0 unspecified atom stereocenters. The van der Waals surface area contributed by atoms with E-state index in [4.69, 9.17) is 21.4 Å². The van der Waals surface area contributed by atoms with Crippen molar-refractivity contribution in [3.05, 3.63) is 35.1 Å². The van der Waals surface area contributed by atoms with Gasteiger partial charge in [-0.25, -0.2) is 4.98 Å². The van der Waals surface area contributed by atoms with E-state index in [0.717, 1.165) is 17.1 Å². The second kappa shape index (κ2) is 5.42. The Kier molecular flexibility index (Phi) is 3.89. The van der Waals surface area contributed by atoms with Crippen molar-refractivity contribution in [2.75, 3.05) is 13.7 Å². The first kappa shape index (κ1) is 12.9. The minimum atomic E-state index is 0.0360. The lowest BCUT2D eigenvalue weighted by Gasteiger charge is -2.04. The monoisotopic (exact) mass is 266 g/mol. The van der Waals surface area contributed by atoms with Crippen LogP contribution in [0.15, 0.2) is 24.3 Å². The molecule has 0 atom stereocenters. The Labute approximate surface area is 111 Å². The van der Waals surface area contributed by atoms with E-state index in [-0.39, 0.29) is 6.61 Å². The van der Waals surface area contributed by atoms with Crippen LogP contribution in [0.5, 0.6) is 5.75 Å². The topological polar surface area (TPSA) is 47.3 Å². The standard InChI is InChI=1S/C13H15ClN2O2/c1-16-12(14)11(6-7-17)15-13(16)9-4-3-5-10(8-9)18-2/h3-5,8,17H,6-7H2,1-2H3. The van der Waals surface area contributed by atoms with Gasteiger partial charge >= 0.3 is 0 Å². The maximum absolute atomic E-state index is 8.97. The molecule has 2 rings (SSSR count). The fraction of sp³-hybridized carbons (Fsp3) is 0.308. The third-order valence-corrected chi connectivity index (χ3v) is 3.24. The molecule has 0 aliphatic rings. The lowest BCUT2D eigenvalue weighted by Crippen LogP contribution is -1.93. The Morgan fingerprint density at radius 1 is 1.44 bits per heavy atom. The normalized spacial score (nSPS) is 10.7. The van der Waals surface area contributed by atoms with Gasteiger partial charge in [0.15, 0.2) is 0 Å². The number of imidazole rings is 1. The van der Waals surface area contributed by atoms with Crippen molar-refractivity contribution in [2.45, 2.75) is 6.42 Å². The Balaban J connectivity index is 2.46. The van der Waals surface area contributed by atoms with Crippen molar-refractivity contribution < 1.29 is 9.84 Å². The molecule has 0 saturated carbocycles. The number of aliphatic hydroxyl groups is 1. The molecule has 1 N–H and O–H groups in total. The smallest absolute Gasteiger partial charge is 0.141 e. The first-order valence-corrected chi connectivity index (χ1v) is 6.01. The van der Waals surface area contributed by atoms with Gasteiger partial charge in [0.1, 0.15) is 16.7 Å². The SMILES string of the molecule is COc1cccc(-c2nc(CCO)c(Cl)n2C)c1. The molecule has 0 amide bonds. The number of hydrogen-bond acceptors (Lipinski definition) is 3. The molecule has 0 spiro atoms. The van der Waals surface area contributed by atoms with Gasteiger partial charge in [0.25, 0.3) is 0 Å². The summed E-state index contributed by atoms with van der Waals surface area (Å²) in [5, 5.41) is 9.53. The summed E-state index contributed by atoms with van der Waals surface area (Å²) in [7, 11) is 3.48. The number of methoxy groups -OCH3 is 1. The minimum Gasteiger partial charge on any atom is -0.497 e. The van der Waals surface area contributed by atoms with Gasteiger partial charge in [0, 0.05) is 25.6 Å². The third kappa shape index (κ3) is 2.35. The zero-order valence-corrected chi connectivity index (χ0v) is 11.1. The van der Waals surface area contributed by atoms with Crippen LogP contribution in [0.25, 0.3) is 11.4 Å². The summed E-state index contributed by atoms with van der Waals surface area (Å²) < 4.78 is 7.00. The molecule has 1 aromatic carbocycles. The lowest BCUT2D eigenvalue weighted by atomic mass is 10.2. The number of ether oxygens (including phenoxy) is 1. The Morgan fingerprint density at radius 2 is 2.22 bits per heavy atom. The zero-order chi connectivity index (χ0) is 13.1. The van der Waals surface area contributed by atoms with Crippen LogP contribution < -0.4 is 4.74 Å². The number of rotatable bonds is 4. The van der Waals surface area contributed by atoms with Crippen LogP contribution in [0.1, 0.15) is 5.69 Å². The van der Waals surface area contributed by atoms with E-state index in [1.165, 1.54) is 0 Å². The highest BCUT2D eigenvalue weighted by molar-refractivity contribution is 6.30. The van der Waals surface area contributed by atoms with Crippen molar-refractivity contribution in [1.82, 2.24) is 9.55 Å². The van der Waals surface area contributed by atoms with Gasteiger partial charge in [-0.3, -0.25) is 0 Å². The number of nitrogens with zero attached hydrogens (tertiary/aromatic N) is 2. The third-order valence-electron chi connectivity index (χ3n) is 2.77. The second-order valence-corrected chi connectivity index (χ2v) is 4.30. The molecular formula is C13H15ClN2O2. The van der Waals surface area contributed by atoms with Gasteiger partial charge in [-0.2, -0.15) is 0 Å². The van der Waals surface area contributed by atoms with E-state index in [1.807, 2.05) is 31.3 Å². The molecule has 4 nitrogen and oxygen atoms in total. The van der Waals surface area contributed by atoms with Crippen LogP contribution in [-0.4, -0.2) is 28.4 Å². The summed E-state index contributed by atoms with van der Waals surface area (Å²) in [6.45, 7) is 0.0360. The average Bonchev–Trinajstić information content (AvgIpc) is 2.68. The molecule has 0 aliphatic heterocycles. The van der Waals surface area contributed by atoms with Gasteiger partial charge in [-0.1, -0.05) is 23.7 Å². The summed E-state index contributed by atoms with van der Waals surface area (Å²) >= 11 is 6.17. The molecule has 0 fully saturated rings. The van der Waals surface area contributed by atoms with Crippen molar-refractivity contribution in [3.8, 4) is 17.1 Å². The number of benzene rings is 1. The second-order valence-electron chi connectivity index (χ2n) is 3.94. The van der Waals surface area contributed by atoms with E-state index >= 15 is 0 Å². The summed E-state index contributed by atoms with van der Waals surface area (Å²) in [6, 6.07) is 7.64. The molecule has 18 heavy (non-hydrogen) atoms. The molecule has 1 aromatic heterocycles. The quantitative estimate of drug-likeness (QED) is 0.924. The van der Waals surface area contributed by atoms with Gasteiger partial charge in [0.05, 0.1) is 12.8 Å². The Hall–Kier alpha value is -1.52. The molecule has 1 heterocycles. The molecule has 96 valence electrons.